The zero-order valence-electron chi connectivity index (χ0n) is 11.9. The van der Waals surface area contributed by atoms with Gasteiger partial charge < -0.3 is 5.73 Å². The largest absolute Gasteiger partial charge is 0.399 e. The lowest BCUT2D eigenvalue weighted by molar-refractivity contribution is -0.126. The first-order valence-electron chi connectivity index (χ1n) is 6.51. The van der Waals surface area contributed by atoms with E-state index in [0.717, 1.165) is 5.56 Å². The molecule has 1 unspecified atom stereocenters. The number of nitrogens with zero attached hydrogens (tertiary/aromatic N) is 1. The Kier molecular flexibility index (Phi) is 3.12. The van der Waals surface area contributed by atoms with Crippen molar-refractivity contribution in [2.45, 2.75) is 34.1 Å². The van der Waals surface area contributed by atoms with Gasteiger partial charge in [-0.1, -0.05) is 13.8 Å². The molecule has 1 atom stereocenters. The van der Waals surface area contributed by atoms with Gasteiger partial charge in [0.1, 0.15) is 0 Å². The molecule has 0 spiro atoms. The molecule has 1 heterocycles. The lowest BCUT2D eigenvalue weighted by atomic mass is 9.78. The number of aryl methyl sites for hydroxylation is 1. The zero-order chi connectivity index (χ0) is 14.4. The number of amides is 2. The number of nitrogen functional groups attached to an aromatic ring is 1. The van der Waals surface area contributed by atoms with Crippen LogP contribution < -0.4 is 10.6 Å². The number of carbonyl (C=O) groups excluding carboxylic acids is 2. The van der Waals surface area contributed by atoms with Crippen molar-refractivity contribution in [3.8, 4) is 0 Å². The van der Waals surface area contributed by atoms with E-state index in [0.29, 0.717) is 11.4 Å². The van der Waals surface area contributed by atoms with Crippen molar-refractivity contribution in [1.82, 2.24) is 0 Å². The van der Waals surface area contributed by atoms with E-state index in [1.54, 1.807) is 18.2 Å². The van der Waals surface area contributed by atoms with E-state index >= 15 is 0 Å². The van der Waals surface area contributed by atoms with Gasteiger partial charge in [0.05, 0.1) is 11.1 Å². The van der Waals surface area contributed by atoms with E-state index in [1.165, 1.54) is 4.90 Å². The fourth-order valence-corrected chi connectivity index (χ4v) is 2.35. The first-order chi connectivity index (χ1) is 8.77. The molecule has 4 nitrogen and oxygen atoms in total. The molecule has 102 valence electrons. The number of imide groups is 1. The van der Waals surface area contributed by atoms with E-state index in [-0.39, 0.29) is 24.2 Å². The Morgan fingerprint density at radius 2 is 1.95 bits per heavy atom. The second-order valence-electron chi connectivity index (χ2n) is 5.82. The summed E-state index contributed by atoms with van der Waals surface area (Å²) in [6, 6.07) is 5.25. The third kappa shape index (κ3) is 2.01. The summed E-state index contributed by atoms with van der Waals surface area (Å²) < 4.78 is 0. The molecule has 1 aromatic carbocycles. The van der Waals surface area contributed by atoms with Crippen molar-refractivity contribution < 1.29 is 9.59 Å². The monoisotopic (exact) mass is 260 g/mol. The summed E-state index contributed by atoms with van der Waals surface area (Å²) in [4.78, 5) is 26.0. The normalized spacial score (nSPS) is 23.5. The molecule has 0 radical (unpaired) electrons. The van der Waals surface area contributed by atoms with Crippen LogP contribution in [0.15, 0.2) is 18.2 Å². The highest BCUT2D eigenvalue weighted by Crippen LogP contribution is 2.41. The first-order valence-corrected chi connectivity index (χ1v) is 6.51. The van der Waals surface area contributed by atoms with Crippen molar-refractivity contribution in [3.63, 3.8) is 0 Å². The maximum absolute atomic E-state index is 12.5. The quantitative estimate of drug-likeness (QED) is 0.656. The Labute approximate surface area is 113 Å². The molecule has 0 saturated carbocycles. The minimum Gasteiger partial charge on any atom is -0.399 e. The summed E-state index contributed by atoms with van der Waals surface area (Å²) in [5.41, 5.74) is 7.31. The lowest BCUT2D eigenvalue weighted by Crippen LogP contribution is -2.36. The smallest absolute Gasteiger partial charge is 0.240 e. The van der Waals surface area contributed by atoms with E-state index in [4.69, 9.17) is 5.73 Å². The van der Waals surface area contributed by atoms with Crippen LogP contribution in [0.3, 0.4) is 0 Å². The predicted octanol–water partition coefficient (Wildman–Crippen LogP) is 2.50. The highest BCUT2D eigenvalue weighted by Gasteiger charge is 2.50. The van der Waals surface area contributed by atoms with Gasteiger partial charge in [0.15, 0.2) is 0 Å². The molecule has 19 heavy (non-hydrogen) atoms. The molecule has 2 N–H and O–H groups in total. The molecule has 0 bridgehead atoms. The second kappa shape index (κ2) is 4.37. The van der Waals surface area contributed by atoms with Gasteiger partial charge in [-0.25, -0.2) is 0 Å². The predicted molar refractivity (Wildman–Crippen MR) is 75.6 cm³/mol. The van der Waals surface area contributed by atoms with Gasteiger partial charge in [0, 0.05) is 12.1 Å². The molecule has 0 aromatic heterocycles. The second-order valence-corrected chi connectivity index (χ2v) is 5.82. The highest BCUT2D eigenvalue weighted by molar-refractivity contribution is 6.22. The SMILES string of the molecule is Cc1cc(N2C(=O)CC(C)(C(C)C)C2=O)ccc1N. The number of anilines is 2. The summed E-state index contributed by atoms with van der Waals surface area (Å²) in [5, 5.41) is 0. The summed E-state index contributed by atoms with van der Waals surface area (Å²) in [6.07, 6.45) is 0.271. The standard InChI is InChI=1S/C15H20N2O2/c1-9(2)15(4)8-13(18)17(14(15)19)11-5-6-12(16)10(3)7-11/h5-7,9H,8,16H2,1-4H3. The van der Waals surface area contributed by atoms with Crippen LogP contribution in [-0.2, 0) is 9.59 Å². The average molecular weight is 260 g/mol. The van der Waals surface area contributed by atoms with Crippen LogP contribution >= 0.6 is 0 Å². The Morgan fingerprint density at radius 1 is 1.32 bits per heavy atom. The Morgan fingerprint density at radius 3 is 2.42 bits per heavy atom. The topological polar surface area (TPSA) is 63.4 Å². The first kappa shape index (κ1) is 13.6. The Hall–Kier alpha value is -1.84. The lowest BCUT2D eigenvalue weighted by Gasteiger charge is -2.26. The summed E-state index contributed by atoms with van der Waals surface area (Å²) in [7, 11) is 0. The number of hydrogen-bond donors (Lipinski definition) is 1. The van der Waals surface area contributed by atoms with Gasteiger partial charge in [-0.2, -0.15) is 0 Å². The molecule has 1 aliphatic rings. The molecular formula is C15H20N2O2. The third-order valence-corrected chi connectivity index (χ3v) is 4.25. The van der Waals surface area contributed by atoms with Gasteiger partial charge in [0.2, 0.25) is 11.8 Å². The van der Waals surface area contributed by atoms with Gasteiger partial charge in [-0.15, -0.1) is 0 Å². The fourth-order valence-electron chi connectivity index (χ4n) is 2.35. The van der Waals surface area contributed by atoms with Gasteiger partial charge in [-0.05, 0) is 43.5 Å². The molecule has 1 aromatic rings. The third-order valence-electron chi connectivity index (χ3n) is 4.25. The van der Waals surface area contributed by atoms with Gasteiger partial charge >= 0.3 is 0 Å². The number of hydrogen-bond acceptors (Lipinski definition) is 3. The number of benzene rings is 1. The molecule has 0 aliphatic carbocycles. The van der Waals surface area contributed by atoms with Crippen LogP contribution in [0.1, 0.15) is 32.8 Å². The van der Waals surface area contributed by atoms with Crippen LogP contribution in [0.25, 0.3) is 0 Å². The maximum Gasteiger partial charge on any atom is 0.240 e. The fraction of sp³-hybridized carbons (Fsp3) is 0.467. The molecule has 1 fully saturated rings. The van der Waals surface area contributed by atoms with Gasteiger partial charge in [-0.3, -0.25) is 14.5 Å². The molecule has 1 saturated heterocycles. The van der Waals surface area contributed by atoms with Crippen LogP contribution in [0.5, 0.6) is 0 Å². The van der Waals surface area contributed by atoms with E-state index in [2.05, 4.69) is 0 Å². The van der Waals surface area contributed by atoms with E-state index in [1.807, 2.05) is 27.7 Å². The Balaban J connectivity index is 2.43. The van der Waals surface area contributed by atoms with E-state index < -0.39 is 5.41 Å². The van der Waals surface area contributed by atoms with E-state index in [9.17, 15) is 9.59 Å². The minimum absolute atomic E-state index is 0.114. The molecule has 4 heteroatoms. The van der Waals surface area contributed by atoms with Crippen molar-refractivity contribution >= 4 is 23.2 Å². The van der Waals surface area contributed by atoms with Crippen LogP contribution in [0.2, 0.25) is 0 Å². The van der Waals surface area contributed by atoms with Crippen LogP contribution in [0, 0.1) is 18.3 Å². The van der Waals surface area contributed by atoms with Crippen molar-refractivity contribution in [2.24, 2.45) is 11.3 Å². The zero-order valence-corrected chi connectivity index (χ0v) is 11.9. The average Bonchev–Trinajstić information content (AvgIpc) is 2.55. The molecular weight excluding hydrogens is 240 g/mol. The number of carbonyl (C=O) groups is 2. The van der Waals surface area contributed by atoms with Crippen molar-refractivity contribution in [2.75, 3.05) is 10.6 Å². The summed E-state index contributed by atoms with van der Waals surface area (Å²) in [6.45, 7) is 7.68. The summed E-state index contributed by atoms with van der Waals surface area (Å²) in [5.74, 6) is -0.120. The summed E-state index contributed by atoms with van der Waals surface area (Å²) >= 11 is 0. The highest BCUT2D eigenvalue weighted by atomic mass is 16.2. The number of nitrogens with two attached hydrogens (primary N) is 1. The number of rotatable bonds is 2. The van der Waals surface area contributed by atoms with Crippen LogP contribution in [-0.4, -0.2) is 11.8 Å². The van der Waals surface area contributed by atoms with Crippen molar-refractivity contribution in [1.29, 1.82) is 0 Å². The maximum atomic E-state index is 12.5. The molecule has 2 rings (SSSR count). The van der Waals surface area contributed by atoms with Crippen LogP contribution in [0.4, 0.5) is 11.4 Å². The Bertz CT molecular complexity index is 551. The molecule has 2 amide bonds. The molecule has 1 aliphatic heterocycles. The van der Waals surface area contributed by atoms with Crippen molar-refractivity contribution in [3.05, 3.63) is 23.8 Å². The minimum atomic E-state index is -0.605. The van der Waals surface area contributed by atoms with Gasteiger partial charge in [0.25, 0.3) is 0 Å².